The summed E-state index contributed by atoms with van der Waals surface area (Å²) in [5, 5.41) is 9.70. The van der Waals surface area contributed by atoms with Gasteiger partial charge in [-0.3, -0.25) is 0 Å². The molecule has 3 rings (SSSR count). The van der Waals surface area contributed by atoms with Crippen LogP contribution in [0.4, 0.5) is 10.3 Å². The number of anilines is 1. The summed E-state index contributed by atoms with van der Waals surface area (Å²) in [6.07, 6.45) is 0.518. The van der Waals surface area contributed by atoms with Crippen molar-refractivity contribution in [2.75, 3.05) is 18.0 Å². The van der Waals surface area contributed by atoms with E-state index in [0.717, 1.165) is 11.4 Å². The Morgan fingerprint density at radius 3 is 2.40 bits per heavy atom. The monoisotopic (exact) mass is 345 g/mol. The summed E-state index contributed by atoms with van der Waals surface area (Å²) in [7, 11) is 0. The lowest BCUT2D eigenvalue weighted by atomic mass is 9.91. The van der Waals surface area contributed by atoms with Crippen LogP contribution in [0.5, 0.6) is 5.75 Å². The predicted molar refractivity (Wildman–Crippen MR) is 90.3 cm³/mol. The minimum Gasteiger partial charge on any atom is -0.478 e. The van der Waals surface area contributed by atoms with Crippen LogP contribution in [-0.4, -0.2) is 39.7 Å². The number of rotatable bonds is 4. The number of ether oxygens (including phenoxy) is 1. The second-order valence-corrected chi connectivity index (χ2v) is 6.30. The highest BCUT2D eigenvalue weighted by atomic mass is 19.1. The lowest BCUT2D eigenvalue weighted by molar-refractivity contribution is -0.157. The minimum atomic E-state index is -1.37. The van der Waals surface area contributed by atoms with Crippen LogP contribution >= 0.6 is 0 Å². The molecule has 1 aromatic heterocycles. The van der Waals surface area contributed by atoms with Crippen molar-refractivity contribution in [3.8, 4) is 5.75 Å². The zero-order valence-electron chi connectivity index (χ0n) is 14.2. The van der Waals surface area contributed by atoms with Crippen molar-refractivity contribution in [2.45, 2.75) is 32.3 Å². The van der Waals surface area contributed by atoms with E-state index < -0.39 is 17.4 Å². The third-order valence-electron chi connectivity index (χ3n) is 4.32. The molecule has 1 N–H and O–H groups in total. The third-order valence-corrected chi connectivity index (χ3v) is 4.32. The topological polar surface area (TPSA) is 75.6 Å². The Hall–Kier alpha value is -2.70. The van der Waals surface area contributed by atoms with Crippen LogP contribution in [0.3, 0.4) is 0 Å². The van der Waals surface area contributed by atoms with Gasteiger partial charge in [-0.1, -0.05) is 6.07 Å². The van der Waals surface area contributed by atoms with Crippen molar-refractivity contribution in [2.24, 2.45) is 0 Å². The number of carboxylic acid groups (broad SMARTS) is 1. The first-order valence-electron chi connectivity index (χ1n) is 8.13. The molecule has 0 amide bonds. The summed E-state index contributed by atoms with van der Waals surface area (Å²) >= 11 is 0. The van der Waals surface area contributed by atoms with E-state index in [9.17, 15) is 14.3 Å². The van der Waals surface area contributed by atoms with Crippen LogP contribution in [0.2, 0.25) is 0 Å². The van der Waals surface area contributed by atoms with Gasteiger partial charge in [0, 0.05) is 43.4 Å². The van der Waals surface area contributed by atoms with E-state index in [2.05, 4.69) is 9.97 Å². The molecule has 0 unspecified atom stereocenters. The molecule has 0 atom stereocenters. The maximum Gasteiger partial charge on any atom is 0.348 e. The average molecular weight is 345 g/mol. The molecule has 25 heavy (non-hydrogen) atoms. The summed E-state index contributed by atoms with van der Waals surface area (Å²) in [5.41, 5.74) is 0.366. The Labute approximate surface area is 145 Å². The third kappa shape index (κ3) is 3.70. The first-order valence-corrected chi connectivity index (χ1v) is 8.13. The van der Waals surface area contributed by atoms with Crippen molar-refractivity contribution in [1.29, 1.82) is 0 Å². The van der Waals surface area contributed by atoms with Gasteiger partial charge in [-0.25, -0.2) is 19.2 Å². The number of benzene rings is 1. The summed E-state index contributed by atoms with van der Waals surface area (Å²) in [4.78, 5) is 22.6. The van der Waals surface area contributed by atoms with Crippen LogP contribution in [-0.2, 0) is 4.79 Å². The normalized spacial score (nSPS) is 16.5. The van der Waals surface area contributed by atoms with E-state index in [0.29, 0.717) is 19.0 Å². The van der Waals surface area contributed by atoms with Crippen molar-refractivity contribution in [1.82, 2.24) is 9.97 Å². The predicted octanol–water partition coefficient (Wildman–Crippen LogP) is 2.74. The number of halogens is 1. The summed E-state index contributed by atoms with van der Waals surface area (Å²) in [6, 6.07) is 7.44. The van der Waals surface area contributed by atoms with Gasteiger partial charge in [0.05, 0.1) is 0 Å². The number of carboxylic acids is 1. The zero-order valence-corrected chi connectivity index (χ0v) is 14.2. The number of carbonyl (C=O) groups is 1. The molecule has 1 aromatic carbocycles. The van der Waals surface area contributed by atoms with E-state index in [1.54, 1.807) is 6.07 Å². The van der Waals surface area contributed by atoms with Crippen molar-refractivity contribution in [3.63, 3.8) is 0 Å². The Bertz CT molecular complexity index is 769. The molecule has 0 bridgehead atoms. The van der Waals surface area contributed by atoms with Gasteiger partial charge >= 0.3 is 5.97 Å². The molecule has 7 heteroatoms. The van der Waals surface area contributed by atoms with Crippen molar-refractivity contribution < 1.29 is 19.0 Å². The molecule has 6 nitrogen and oxygen atoms in total. The quantitative estimate of drug-likeness (QED) is 0.918. The van der Waals surface area contributed by atoms with Gasteiger partial charge in [0.2, 0.25) is 11.5 Å². The summed E-state index contributed by atoms with van der Waals surface area (Å²) in [6.45, 7) is 4.70. The molecule has 1 fully saturated rings. The lowest BCUT2D eigenvalue weighted by Gasteiger charge is -2.38. The second kappa shape index (κ2) is 6.66. The first-order chi connectivity index (χ1) is 11.9. The van der Waals surface area contributed by atoms with Gasteiger partial charge in [0.15, 0.2) is 0 Å². The molecule has 0 saturated carbocycles. The minimum absolute atomic E-state index is 0.221. The average Bonchev–Trinajstić information content (AvgIpc) is 2.54. The largest absolute Gasteiger partial charge is 0.478 e. The lowest BCUT2D eigenvalue weighted by Crippen LogP contribution is -2.53. The van der Waals surface area contributed by atoms with Gasteiger partial charge in [0.25, 0.3) is 0 Å². The smallest absolute Gasteiger partial charge is 0.348 e. The number of aromatic nitrogens is 2. The molecule has 132 valence electrons. The van der Waals surface area contributed by atoms with Gasteiger partial charge in [-0.15, -0.1) is 0 Å². The van der Waals surface area contributed by atoms with Gasteiger partial charge in [0.1, 0.15) is 11.6 Å². The first kappa shape index (κ1) is 17.1. The Balaban J connectivity index is 1.77. The van der Waals surface area contributed by atoms with Crippen LogP contribution < -0.4 is 9.64 Å². The molecule has 0 spiro atoms. The molecular weight excluding hydrogens is 325 g/mol. The summed E-state index contributed by atoms with van der Waals surface area (Å²) < 4.78 is 19.1. The van der Waals surface area contributed by atoms with Crippen LogP contribution in [0.25, 0.3) is 0 Å². The number of piperidine rings is 1. The molecule has 1 aliphatic heterocycles. The maximum absolute atomic E-state index is 13.4. The Morgan fingerprint density at radius 1 is 1.20 bits per heavy atom. The number of nitrogens with zero attached hydrogens (tertiary/aromatic N) is 3. The SMILES string of the molecule is Cc1cc(C)nc(N2CCC(Oc3cccc(F)c3)(C(=O)O)CC2)n1. The molecular formula is C18H20FN3O3. The molecule has 0 aliphatic carbocycles. The Kier molecular flexibility index (Phi) is 4.57. The molecule has 1 saturated heterocycles. The van der Waals surface area contributed by atoms with Gasteiger partial charge in [-0.2, -0.15) is 0 Å². The number of aliphatic carboxylic acids is 1. The molecule has 2 heterocycles. The van der Waals surface area contributed by atoms with Gasteiger partial charge in [-0.05, 0) is 32.0 Å². The van der Waals surface area contributed by atoms with Crippen LogP contribution in [0, 0.1) is 19.7 Å². The van der Waals surface area contributed by atoms with Crippen LogP contribution in [0.1, 0.15) is 24.2 Å². The van der Waals surface area contributed by atoms with E-state index in [4.69, 9.17) is 4.74 Å². The zero-order chi connectivity index (χ0) is 18.0. The molecule has 0 radical (unpaired) electrons. The number of aryl methyl sites for hydroxylation is 2. The van der Waals surface area contributed by atoms with E-state index in [1.165, 1.54) is 18.2 Å². The van der Waals surface area contributed by atoms with Crippen molar-refractivity contribution in [3.05, 3.63) is 47.5 Å². The van der Waals surface area contributed by atoms with Gasteiger partial charge < -0.3 is 14.7 Å². The van der Waals surface area contributed by atoms with E-state index in [1.807, 2.05) is 24.8 Å². The van der Waals surface area contributed by atoms with Crippen molar-refractivity contribution >= 4 is 11.9 Å². The fourth-order valence-electron chi connectivity index (χ4n) is 3.03. The number of hydrogen-bond acceptors (Lipinski definition) is 5. The van der Waals surface area contributed by atoms with E-state index >= 15 is 0 Å². The summed E-state index contributed by atoms with van der Waals surface area (Å²) in [5.74, 6) is -0.683. The fourth-order valence-corrected chi connectivity index (χ4v) is 3.03. The highest BCUT2D eigenvalue weighted by molar-refractivity contribution is 5.78. The number of hydrogen-bond donors (Lipinski definition) is 1. The standard InChI is InChI=1S/C18H20FN3O3/c1-12-10-13(2)21-17(20-12)22-8-6-18(7-9-22,16(23)24)25-15-5-3-4-14(19)11-15/h3-5,10-11H,6-9H2,1-2H3,(H,23,24). The molecule has 2 aromatic rings. The highest BCUT2D eigenvalue weighted by Gasteiger charge is 2.44. The molecule has 1 aliphatic rings. The highest BCUT2D eigenvalue weighted by Crippen LogP contribution is 2.31. The van der Waals surface area contributed by atoms with Crippen LogP contribution in [0.15, 0.2) is 30.3 Å². The fraction of sp³-hybridized carbons (Fsp3) is 0.389. The second-order valence-electron chi connectivity index (χ2n) is 6.30. The Morgan fingerprint density at radius 2 is 1.84 bits per heavy atom. The maximum atomic E-state index is 13.4. The van der Waals surface area contributed by atoms with E-state index in [-0.39, 0.29) is 18.6 Å².